The number of fused-ring (bicyclic) bond motifs is 1. The number of rotatable bonds is 4. The van der Waals surface area contributed by atoms with Gasteiger partial charge >= 0.3 is 0 Å². The Morgan fingerprint density at radius 2 is 1.40 bits per heavy atom. The summed E-state index contributed by atoms with van der Waals surface area (Å²) in [4.78, 5) is 0. The third-order valence-electron chi connectivity index (χ3n) is 4.37. The Bertz CT molecular complexity index is 1010. The Hall–Kier alpha value is -3.10. The molecule has 0 aliphatic carbocycles. The molecule has 1 heterocycles. The van der Waals surface area contributed by atoms with Gasteiger partial charge < -0.3 is 9.67 Å². The van der Waals surface area contributed by atoms with Crippen molar-refractivity contribution < 1.29 is 5.11 Å². The molecule has 0 atom stereocenters. The van der Waals surface area contributed by atoms with E-state index >= 15 is 0 Å². The highest BCUT2D eigenvalue weighted by Crippen LogP contribution is 2.37. The number of nitrogens with zero attached hydrogens (tertiary/aromatic N) is 1. The normalized spacial score (nSPS) is 11.4. The number of aliphatic hydroxyl groups is 1. The van der Waals surface area contributed by atoms with Gasteiger partial charge in [-0.3, -0.25) is 0 Å². The summed E-state index contributed by atoms with van der Waals surface area (Å²) >= 11 is 0. The zero-order valence-electron chi connectivity index (χ0n) is 13.8. The predicted octanol–water partition coefficient (Wildman–Crippen LogP) is 5.30. The van der Waals surface area contributed by atoms with Crippen LogP contribution in [0.15, 0.2) is 91.0 Å². The highest BCUT2D eigenvalue weighted by molar-refractivity contribution is 5.99. The van der Waals surface area contributed by atoms with Gasteiger partial charge in [-0.15, -0.1) is 0 Å². The summed E-state index contributed by atoms with van der Waals surface area (Å²) in [7, 11) is 0. The molecular weight excluding hydrogens is 306 g/mol. The molecule has 0 aliphatic heterocycles. The van der Waals surface area contributed by atoms with E-state index in [1.54, 1.807) is 6.08 Å². The fourth-order valence-corrected chi connectivity index (χ4v) is 3.33. The lowest BCUT2D eigenvalue weighted by molar-refractivity contribution is 0.343. The molecule has 0 spiro atoms. The number of para-hydroxylation sites is 2. The van der Waals surface area contributed by atoms with Gasteiger partial charge in [-0.2, -0.15) is 0 Å². The molecule has 3 aromatic carbocycles. The first-order valence-electron chi connectivity index (χ1n) is 8.42. The average Bonchev–Trinajstić information content (AvgIpc) is 3.02. The van der Waals surface area contributed by atoms with Gasteiger partial charge in [0.1, 0.15) is 0 Å². The first-order valence-corrected chi connectivity index (χ1v) is 8.42. The minimum Gasteiger partial charge on any atom is -0.392 e. The molecule has 0 saturated heterocycles. The summed E-state index contributed by atoms with van der Waals surface area (Å²) in [5, 5.41) is 10.5. The van der Waals surface area contributed by atoms with Crippen LogP contribution in [0.2, 0.25) is 0 Å². The third-order valence-corrected chi connectivity index (χ3v) is 4.37. The fraction of sp³-hybridized carbons (Fsp3) is 0.0435. The molecule has 0 fully saturated rings. The lowest BCUT2D eigenvalue weighted by Crippen LogP contribution is -1.97. The predicted molar refractivity (Wildman–Crippen MR) is 105 cm³/mol. The largest absolute Gasteiger partial charge is 0.392 e. The van der Waals surface area contributed by atoms with Crippen molar-refractivity contribution in [2.75, 3.05) is 6.61 Å². The Morgan fingerprint density at radius 3 is 2.12 bits per heavy atom. The van der Waals surface area contributed by atoms with Crippen molar-refractivity contribution in [2.45, 2.75) is 0 Å². The van der Waals surface area contributed by atoms with Crippen LogP contribution in [0.5, 0.6) is 0 Å². The molecule has 4 rings (SSSR count). The summed E-state index contributed by atoms with van der Waals surface area (Å²) in [6, 6.07) is 29.2. The molecule has 0 amide bonds. The second kappa shape index (κ2) is 6.80. The summed E-state index contributed by atoms with van der Waals surface area (Å²) in [5.41, 5.74) is 5.70. The molecule has 25 heavy (non-hydrogen) atoms. The average molecular weight is 325 g/mol. The van der Waals surface area contributed by atoms with Crippen molar-refractivity contribution in [2.24, 2.45) is 0 Å². The van der Waals surface area contributed by atoms with Gasteiger partial charge in [-0.05, 0) is 23.8 Å². The third kappa shape index (κ3) is 2.77. The zero-order chi connectivity index (χ0) is 17.1. The number of aromatic nitrogens is 1. The number of benzene rings is 3. The molecule has 1 N–H and O–H groups in total. The van der Waals surface area contributed by atoms with Crippen molar-refractivity contribution in [1.82, 2.24) is 4.57 Å². The SMILES string of the molecule is OCC=Cc1c(-c2ccccc2)n(-c2ccccc2)c2ccccc12. The Kier molecular flexibility index (Phi) is 4.19. The summed E-state index contributed by atoms with van der Waals surface area (Å²) in [6.07, 6.45) is 3.81. The minimum atomic E-state index is 0.0269. The van der Waals surface area contributed by atoms with Gasteiger partial charge in [-0.25, -0.2) is 0 Å². The highest BCUT2D eigenvalue weighted by Gasteiger charge is 2.17. The molecule has 2 nitrogen and oxygen atoms in total. The first kappa shape index (κ1) is 15.4. The van der Waals surface area contributed by atoms with Crippen molar-refractivity contribution in [3.63, 3.8) is 0 Å². The van der Waals surface area contributed by atoms with Crippen molar-refractivity contribution >= 4 is 17.0 Å². The Labute approximate surface area is 147 Å². The number of hydrogen-bond acceptors (Lipinski definition) is 1. The molecule has 1 aromatic heterocycles. The molecule has 0 unspecified atom stereocenters. The minimum absolute atomic E-state index is 0.0269. The van der Waals surface area contributed by atoms with Gasteiger partial charge in [0.05, 0.1) is 17.8 Å². The molecule has 4 aromatic rings. The second-order valence-electron chi connectivity index (χ2n) is 5.90. The van der Waals surface area contributed by atoms with Crippen LogP contribution in [0.1, 0.15) is 5.56 Å². The fourth-order valence-electron chi connectivity index (χ4n) is 3.33. The van der Waals surface area contributed by atoms with Crippen LogP contribution >= 0.6 is 0 Å². The number of aliphatic hydroxyl groups excluding tert-OH is 1. The van der Waals surface area contributed by atoms with Crippen LogP contribution in [-0.2, 0) is 0 Å². The van der Waals surface area contributed by atoms with Crippen molar-refractivity contribution in [3.8, 4) is 16.9 Å². The zero-order valence-corrected chi connectivity index (χ0v) is 13.8. The van der Waals surface area contributed by atoms with Crippen LogP contribution < -0.4 is 0 Å². The van der Waals surface area contributed by atoms with Gasteiger partial charge in [-0.1, -0.05) is 78.9 Å². The van der Waals surface area contributed by atoms with Crippen LogP contribution in [0.3, 0.4) is 0 Å². The second-order valence-corrected chi connectivity index (χ2v) is 5.90. The smallest absolute Gasteiger partial charge is 0.0615 e. The van der Waals surface area contributed by atoms with Gasteiger partial charge in [0.15, 0.2) is 0 Å². The quantitative estimate of drug-likeness (QED) is 0.541. The van der Waals surface area contributed by atoms with Gasteiger partial charge in [0.2, 0.25) is 0 Å². The molecule has 2 heteroatoms. The van der Waals surface area contributed by atoms with E-state index < -0.39 is 0 Å². The summed E-state index contributed by atoms with van der Waals surface area (Å²) < 4.78 is 2.29. The monoisotopic (exact) mass is 325 g/mol. The lowest BCUT2D eigenvalue weighted by atomic mass is 10.0. The van der Waals surface area contributed by atoms with Crippen LogP contribution in [0, 0.1) is 0 Å². The van der Waals surface area contributed by atoms with Crippen molar-refractivity contribution in [3.05, 3.63) is 96.6 Å². The van der Waals surface area contributed by atoms with E-state index in [9.17, 15) is 5.11 Å². The van der Waals surface area contributed by atoms with E-state index in [2.05, 4.69) is 77.4 Å². The summed E-state index contributed by atoms with van der Waals surface area (Å²) in [5.74, 6) is 0. The van der Waals surface area contributed by atoms with Gasteiger partial charge in [0.25, 0.3) is 0 Å². The van der Waals surface area contributed by atoms with E-state index in [0.717, 1.165) is 28.0 Å². The van der Waals surface area contributed by atoms with Crippen LogP contribution in [-0.4, -0.2) is 16.3 Å². The Morgan fingerprint density at radius 1 is 0.760 bits per heavy atom. The van der Waals surface area contributed by atoms with Crippen molar-refractivity contribution in [1.29, 1.82) is 0 Å². The van der Waals surface area contributed by atoms with E-state index in [1.165, 1.54) is 5.39 Å². The topological polar surface area (TPSA) is 25.2 Å². The lowest BCUT2D eigenvalue weighted by Gasteiger charge is -2.12. The first-order chi connectivity index (χ1) is 12.4. The van der Waals surface area contributed by atoms with E-state index in [0.29, 0.717) is 0 Å². The van der Waals surface area contributed by atoms with Gasteiger partial charge in [0, 0.05) is 16.6 Å². The Balaban J connectivity index is 2.13. The summed E-state index contributed by atoms with van der Waals surface area (Å²) in [6.45, 7) is 0.0269. The highest BCUT2D eigenvalue weighted by atomic mass is 16.2. The molecule has 0 saturated carbocycles. The molecule has 122 valence electrons. The van der Waals surface area contributed by atoms with Crippen LogP contribution in [0.25, 0.3) is 33.9 Å². The molecule has 0 radical (unpaired) electrons. The maximum Gasteiger partial charge on any atom is 0.0615 e. The van der Waals surface area contributed by atoms with E-state index in [-0.39, 0.29) is 6.61 Å². The number of hydrogen-bond donors (Lipinski definition) is 1. The maximum absolute atomic E-state index is 9.29. The molecular formula is C23H19NO. The molecule has 0 bridgehead atoms. The van der Waals surface area contributed by atoms with Crippen LogP contribution in [0.4, 0.5) is 0 Å². The molecule has 0 aliphatic rings. The van der Waals surface area contributed by atoms with E-state index in [1.807, 2.05) is 18.2 Å². The van der Waals surface area contributed by atoms with E-state index in [4.69, 9.17) is 0 Å². The standard InChI is InChI=1S/C23H19NO/c25-17-9-15-21-20-14-7-8-16-22(20)24(19-12-5-2-6-13-19)23(21)18-10-3-1-4-11-18/h1-16,25H,17H2. The maximum atomic E-state index is 9.29.